The third kappa shape index (κ3) is 2.34. The van der Waals surface area contributed by atoms with E-state index in [0.717, 1.165) is 12.2 Å². The minimum absolute atomic E-state index is 0.0956. The maximum Gasteiger partial charge on any atom is 0.303 e. The molecule has 1 aromatic rings. The van der Waals surface area contributed by atoms with Crippen LogP contribution in [0.1, 0.15) is 25.0 Å². The topological polar surface area (TPSA) is 78.9 Å². The highest BCUT2D eigenvalue weighted by Crippen LogP contribution is 1.97. The summed E-state index contributed by atoms with van der Waals surface area (Å²) in [7, 11) is 0. The maximum atomic E-state index is 10.2. The number of nitrogens with one attached hydrogen (secondary N) is 1. The average molecular weight is 169 g/mol. The van der Waals surface area contributed by atoms with E-state index in [-0.39, 0.29) is 6.42 Å². The van der Waals surface area contributed by atoms with Gasteiger partial charge >= 0.3 is 5.97 Å². The van der Waals surface area contributed by atoms with Gasteiger partial charge in [-0.1, -0.05) is 6.92 Å². The SMILES string of the molecule is CCc1n[nH]c(CCC(=O)O)n1. The number of carboxylic acids is 1. The molecule has 0 aromatic carbocycles. The normalized spacial score (nSPS) is 10.1. The highest BCUT2D eigenvalue weighted by molar-refractivity contribution is 5.66. The lowest BCUT2D eigenvalue weighted by molar-refractivity contribution is -0.137. The van der Waals surface area contributed by atoms with Gasteiger partial charge in [0.1, 0.15) is 11.6 Å². The number of hydrogen-bond acceptors (Lipinski definition) is 3. The van der Waals surface area contributed by atoms with Crippen LogP contribution < -0.4 is 0 Å². The minimum Gasteiger partial charge on any atom is -0.481 e. The summed E-state index contributed by atoms with van der Waals surface area (Å²) in [4.78, 5) is 14.3. The number of aliphatic carboxylic acids is 1. The summed E-state index contributed by atoms with van der Waals surface area (Å²) in [6.45, 7) is 1.95. The molecular formula is C7H11N3O2. The molecule has 0 fully saturated rings. The first kappa shape index (κ1) is 8.70. The van der Waals surface area contributed by atoms with Gasteiger partial charge in [0.2, 0.25) is 0 Å². The second-order valence-corrected chi connectivity index (χ2v) is 2.45. The van der Waals surface area contributed by atoms with Gasteiger partial charge < -0.3 is 5.11 Å². The van der Waals surface area contributed by atoms with Gasteiger partial charge in [-0.05, 0) is 0 Å². The highest BCUT2D eigenvalue weighted by Gasteiger charge is 2.03. The fraction of sp³-hybridized carbons (Fsp3) is 0.571. The molecule has 0 saturated heterocycles. The van der Waals surface area contributed by atoms with Crippen LogP contribution in [0.3, 0.4) is 0 Å². The smallest absolute Gasteiger partial charge is 0.303 e. The van der Waals surface area contributed by atoms with E-state index in [1.807, 2.05) is 6.92 Å². The number of H-pyrrole nitrogens is 1. The fourth-order valence-electron chi connectivity index (χ4n) is 0.830. The first-order valence-corrected chi connectivity index (χ1v) is 3.84. The lowest BCUT2D eigenvalue weighted by Gasteiger charge is -1.89. The molecule has 0 aliphatic rings. The van der Waals surface area contributed by atoms with Gasteiger partial charge in [0.25, 0.3) is 0 Å². The van der Waals surface area contributed by atoms with Crippen molar-refractivity contribution in [2.75, 3.05) is 0 Å². The molecule has 12 heavy (non-hydrogen) atoms. The summed E-state index contributed by atoms with van der Waals surface area (Å²) in [5, 5.41) is 14.9. The van der Waals surface area contributed by atoms with Gasteiger partial charge in [0, 0.05) is 12.8 Å². The van der Waals surface area contributed by atoms with Gasteiger partial charge in [-0.3, -0.25) is 9.89 Å². The van der Waals surface area contributed by atoms with Crippen molar-refractivity contribution in [2.24, 2.45) is 0 Å². The quantitative estimate of drug-likeness (QED) is 0.683. The fourth-order valence-corrected chi connectivity index (χ4v) is 0.830. The highest BCUT2D eigenvalue weighted by atomic mass is 16.4. The van der Waals surface area contributed by atoms with Crippen molar-refractivity contribution < 1.29 is 9.90 Å². The van der Waals surface area contributed by atoms with Crippen molar-refractivity contribution in [1.82, 2.24) is 15.2 Å². The molecule has 1 heterocycles. The second-order valence-electron chi connectivity index (χ2n) is 2.45. The van der Waals surface area contributed by atoms with Crippen molar-refractivity contribution in [1.29, 1.82) is 0 Å². The van der Waals surface area contributed by atoms with Crippen LogP contribution in [-0.4, -0.2) is 26.3 Å². The Bertz CT molecular complexity index is 269. The molecule has 0 bridgehead atoms. The standard InChI is InChI=1S/C7H11N3O2/c1-2-5-8-6(10-9-5)3-4-7(11)12/h2-4H2,1H3,(H,11,12)(H,8,9,10). The molecule has 0 amide bonds. The molecule has 5 nitrogen and oxygen atoms in total. The third-order valence-electron chi connectivity index (χ3n) is 1.47. The van der Waals surface area contributed by atoms with E-state index in [4.69, 9.17) is 5.11 Å². The summed E-state index contributed by atoms with van der Waals surface area (Å²) in [6.07, 6.45) is 1.28. The lowest BCUT2D eigenvalue weighted by atomic mass is 10.3. The van der Waals surface area contributed by atoms with Crippen LogP contribution in [0, 0.1) is 0 Å². The van der Waals surface area contributed by atoms with Crippen molar-refractivity contribution in [2.45, 2.75) is 26.2 Å². The van der Waals surface area contributed by atoms with Crippen molar-refractivity contribution in [3.63, 3.8) is 0 Å². The molecule has 0 atom stereocenters. The Morgan fingerprint density at radius 2 is 2.42 bits per heavy atom. The molecule has 0 aliphatic heterocycles. The number of carbonyl (C=O) groups is 1. The Morgan fingerprint density at radius 3 is 2.92 bits per heavy atom. The zero-order chi connectivity index (χ0) is 8.97. The van der Waals surface area contributed by atoms with Crippen LogP contribution in [0.2, 0.25) is 0 Å². The first-order valence-electron chi connectivity index (χ1n) is 3.84. The molecule has 0 radical (unpaired) electrons. The molecule has 66 valence electrons. The summed E-state index contributed by atoms with van der Waals surface area (Å²) in [5.74, 6) is 0.564. The number of nitrogens with zero attached hydrogens (tertiary/aromatic N) is 2. The van der Waals surface area contributed by atoms with Crippen molar-refractivity contribution in [3.8, 4) is 0 Å². The molecule has 5 heteroatoms. The van der Waals surface area contributed by atoms with Crippen molar-refractivity contribution >= 4 is 5.97 Å². The number of aromatic nitrogens is 3. The Balaban J connectivity index is 2.47. The number of rotatable bonds is 4. The summed E-state index contributed by atoms with van der Waals surface area (Å²) in [6, 6.07) is 0. The van der Waals surface area contributed by atoms with Gasteiger partial charge in [-0.25, -0.2) is 4.98 Å². The minimum atomic E-state index is -0.815. The zero-order valence-corrected chi connectivity index (χ0v) is 6.87. The molecular weight excluding hydrogens is 158 g/mol. The Morgan fingerprint density at radius 1 is 1.67 bits per heavy atom. The Hall–Kier alpha value is -1.39. The van der Waals surface area contributed by atoms with Gasteiger partial charge in [-0.2, -0.15) is 5.10 Å². The third-order valence-corrected chi connectivity index (χ3v) is 1.47. The predicted molar refractivity (Wildman–Crippen MR) is 41.7 cm³/mol. The second kappa shape index (κ2) is 3.85. The van der Waals surface area contributed by atoms with Gasteiger partial charge in [0.05, 0.1) is 6.42 Å². The van der Waals surface area contributed by atoms with E-state index < -0.39 is 5.97 Å². The lowest BCUT2D eigenvalue weighted by Crippen LogP contribution is -1.98. The van der Waals surface area contributed by atoms with E-state index >= 15 is 0 Å². The summed E-state index contributed by atoms with van der Waals surface area (Å²) >= 11 is 0. The Kier molecular flexibility index (Phi) is 2.79. The largest absolute Gasteiger partial charge is 0.481 e. The summed E-state index contributed by atoms with van der Waals surface area (Å²) in [5.41, 5.74) is 0. The first-order chi connectivity index (χ1) is 5.72. The molecule has 0 saturated carbocycles. The zero-order valence-electron chi connectivity index (χ0n) is 6.87. The van der Waals surface area contributed by atoms with E-state index in [0.29, 0.717) is 12.2 Å². The molecule has 1 aromatic heterocycles. The summed E-state index contributed by atoms with van der Waals surface area (Å²) < 4.78 is 0. The molecule has 1 rings (SSSR count). The number of carboxylic acid groups (broad SMARTS) is 1. The Labute approximate surface area is 69.8 Å². The van der Waals surface area contributed by atoms with E-state index in [2.05, 4.69) is 15.2 Å². The predicted octanol–water partition coefficient (Wildman–Crippen LogP) is 0.384. The van der Waals surface area contributed by atoms with Crippen LogP contribution in [0.25, 0.3) is 0 Å². The molecule has 0 unspecified atom stereocenters. The molecule has 2 N–H and O–H groups in total. The van der Waals surface area contributed by atoms with E-state index in [9.17, 15) is 4.79 Å². The number of aryl methyl sites for hydroxylation is 2. The van der Waals surface area contributed by atoms with Gasteiger partial charge in [0.15, 0.2) is 0 Å². The van der Waals surface area contributed by atoms with Crippen LogP contribution in [0.5, 0.6) is 0 Å². The van der Waals surface area contributed by atoms with Crippen LogP contribution in [-0.2, 0) is 17.6 Å². The van der Waals surface area contributed by atoms with Crippen LogP contribution >= 0.6 is 0 Å². The van der Waals surface area contributed by atoms with Gasteiger partial charge in [-0.15, -0.1) is 0 Å². The van der Waals surface area contributed by atoms with E-state index in [1.165, 1.54) is 0 Å². The number of hydrogen-bond donors (Lipinski definition) is 2. The van der Waals surface area contributed by atoms with Crippen LogP contribution in [0.15, 0.2) is 0 Å². The average Bonchev–Trinajstić information content (AvgIpc) is 2.48. The van der Waals surface area contributed by atoms with Crippen LogP contribution in [0.4, 0.5) is 0 Å². The molecule has 0 spiro atoms. The van der Waals surface area contributed by atoms with Crippen molar-refractivity contribution in [3.05, 3.63) is 11.6 Å². The monoisotopic (exact) mass is 169 g/mol. The maximum absolute atomic E-state index is 10.2. The number of aromatic amines is 1. The molecule has 0 aliphatic carbocycles. The van der Waals surface area contributed by atoms with E-state index in [1.54, 1.807) is 0 Å².